The van der Waals surface area contributed by atoms with Gasteiger partial charge in [0, 0.05) is 11.6 Å². The summed E-state index contributed by atoms with van der Waals surface area (Å²) >= 11 is 5.94. The highest BCUT2D eigenvalue weighted by Gasteiger charge is 2.28. The Bertz CT molecular complexity index is 696. The molecule has 0 amide bonds. The van der Waals surface area contributed by atoms with Gasteiger partial charge in [-0.25, -0.2) is 13.1 Å². The van der Waals surface area contributed by atoms with E-state index in [0.717, 1.165) is 0 Å². The number of hydrogen-bond acceptors (Lipinski definition) is 4. The summed E-state index contributed by atoms with van der Waals surface area (Å²) < 4.78 is 31.6. The average Bonchev–Trinajstić information content (AvgIpc) is 2.94. The Morgan fingerprint density at radius 2 is 2.00 bits per heavy atom. The largest absolute Gasteiger partial charge is 0.466 e. The molecule has 5 nitrogen and oxygen atoms in total. The molecule has 1 unspecified atom stereocenters. The monoisotopic (exact) mass is 329 g/mol. The Morgan fingerprint density at radius 1 is 1.29 bits per heavy atom. The van der Waals surface area contributed by atoms with Crippen LogP contribution in [0.15, 0.2) is 47.1 Å². The molecule has 0 saturated carbocycles. The van der Waals surface area contributed by atoms with Crippen LogP contribution in [0.25, 0.3) is 0 Å². The predicted octanol–water partition coefficient (Wildman–Crippen LogP) is 2.26. The van der Waals surface area contributed by atoms with Crippen LogP contribution in [0.4, 0.5) is 0 Å². The van der Waals surface area contributed by atoms with E-state index in [9.17, 15) is 13.5 Å². The Balaban J connectivity index is 2.04. The molecule has 21 heavy (non-hydrogen) atoms. The zero-order valence-electron chi connectivity index (χ0n) is 11.4. The molecule has 0 aliphatic carbocycles. The maximum absolute atomic E-state index is 12.1. The van der Waals surface area contributed by atoms with E-state index >= 15 is 0 Å². The lowest BCUT2D eigenvalue weighted by atomic mass is 10.1. The van der Waals surface area contributed by atoms with Crippen molar-refractivity contribution in [1.82, 2.24) is 4.72 Å². The molecular weight excluding hydrogens is 314 g/mol. The molecule has 0 fully saturated rings. The number of halogens is 1. The van der Waals surface area contributed by atoms with Crippen molar-refractivity contribution in [3.8, 4) is 0 Å². The fourth-order valence-corrected chi connectivity index (χ4v) is 3.34. The van der Waals surface area contributed by atoms with Gasteiger partial charge in [-0.3, -0.25) is 0 Å². The topological polar surface area (TPSA) is 79.5 Å². The molecular formula is C14H16ClNO4S. The van der Waals surface area contributed by atoms with Crippen LogP contribution in [-0.2, 0) is 21.4 Å². The van der Waals surface area contributed by atoms with Crippen LogP contribution < -0.4 is 4.72 Å². The van der Waals surface area contributed by atoms with Gasteiger partial charge in [0.05, 0.1) is 12.0 Å². The molecule has 1 atom stereocenters. The van der Waals surface area contributed by atoms with Gasteiger partial charge in [-0.15, -0.1) is 0 Å². The van der Waals surface area contributed by atoms with E-state index in [4.69, 9.17) is 16.0 Å². The minimum Gasteiger partial charge on any atom is -0.466 e. The fourth-order valence-electron chi connectivity index (χ4n) is 1.79. The molecule has 2 rings (SSSR count). The second-order valence-corrected chi connectivity index (χ2v) is 7.14. The number of furan rings is 1. The zero-order valence-corrected chi connectivity index (χ0v) is 13.0. The third-order valence-corrected chi connectivity index (χ3v) is 4.64. The lowest BCUT2D eigenvalue weighted by Gasteiger charge is -2.21. The van der Waals surface area contributed by atoms with Crippen LogP contribution in [0.2, 0.25) is 5.02 Å². The average molecular weight is 330 g/mol. The summed E-state index contributed by atoms with van der Waals surface area (Å²) in [5.74, 6) is 0.0453. The Labute approximate surface area is 128 Å². The first-order valence-electron chi connectivity index (χ1n) is 6.27. The molecule has 114 valence electrons. The second kappa shape index (κ2) is 6.19. The van der Waals surface area contributed by atoms with Crippen molar-refractivity contribution in [2.75, 3.05) is 6.54 Å². The highest BCUT2D eigenvalue weighted by Crippen LogP contribution is 2.21. The van der Waals surface area contributed by atoms with Gasteiger partial charge in [0.15, 0.2) is 0 Å². The molecule has 0 aliphatic heterocycles. The number of aliphatic hydroxyl groups is 1. The highest BCUT2D eigenvalue weighted by atomic mass is 35.5. The summed E-state index contributed by atoms with van der Waals surface area (Å²) in [6, 6.07) is 9.94. The first kappa shape index (κ1) is 16.0. The molecule has 0 aliphatic rings. The van der Waals surface area contributed by atoms with Crippen molar-refractivity contribution in [3.05, 3.63) is 59.0 Å². The normalized spacial score (nSPS) is 14.8. The smallest absolute Gasteiger partial charge is 0.215 e. The van der Waals surface area contributed by atoms with Gasteiger partial charge in [0.25, 0.3) is 0 Å². The van der Waals surface area contributed by atoms with E-state index in [1.54, 1.807) is 36.4 Å². The van der Waals surface area contributed by atoms with Gasteiger partial charge >= 0.3 is 0 Å². The Kier molecular flexibility index (Phi) is 4.73. The molecule has 1 heterocycles. The number of nitrogens with one attached hydrogen (secondary N) is 1. The summed E-state index contributed by atoms with van der Waals surface area (Å²) in [6.07, 6.45) is 1.42. The van der Waals surface area contributed by atoms with Crippen LogP contribution in [0.5, 0.6) is 0 Å². The van der Waals surface area contributed by atoms with E-state index in [-0.39, 0.29) is 12.3 Å². The van der Waals surface area contributed by atoms with Crippen LogP contribution in [0.3, 0.4) is 0 Å². The quantitative estimate of drug-likeness (QED) is 0.852. The lowest BCUT2D eigenvalue weighted by molar-refractivity contribution is 0.0395. The number of hydrogen-bond donors (Lipinski definition) is 2. The van der Waals surface area contributed by atoms with E-state index in [1.807, 2.05) is 0 Å². The van der Waals surface area contributed by atoms with Gasteiger partial charge in [0.2, 0.25) is 10.0 Å². The standard InChI is InChI=1S/C14H16ClNO4S/c1-14(17,13-7-4-8-20-13)10-16-21(18,19)9-11-5-2-3-6-12(11)15/h2-8,16-17H,9-10H2,1H3. The summed E-state index contributed by atoms with van der Waals surface area (Å²) in [4.78, 5) is 0. The first-order chi connectivity index (χ1) is 9.80. The maximum atomic E-state index is 12.1. The van der Waals surface area contributed by atoms with Crippen LogP contribution >= 0.6 is 11.6 Å². The fraction of sp³-hybridized carbons (Fsp3) is 0.286. The van der Waals surface area contributed by atoms with Crippen molar-refractivity contribution >= 4 is 21.6 Å². The first-order valence-corrected chi connectivity index (χ1v) is 8.30. The number of sulfonamides is 1. The van der Waals surface area contributed by atoms with Crippen molar-refractivity contribution in [1.29, 1.82) is 0 Å². The highest BCUT2D eigenvalue weighted by molar-refractivity contribution is 7.88. The van der Waals surface area contributed by atoms with E-state index in [0.29, 0.717) is 16.3 Å². The second-order valence-electron chi connectivity index (χ2n) is 4.92. The van der Waals surface area contributed by atoms with Gasteiger partial charge in [-0.05, 0) is 30.7 Å². The van der Waals surface area contributed by atoms with Gasteiger partial charge in [-0.2, -0.15) is 0 Å². The number of benzene rings is 1. The van der Waals surface area contributed by atoms with Crippen molar-refractivity contribution < 1.29 is 17.9 Å². The van der Waals surface area contributed by atoms with E-state index < -0.39 is 15.6 Å². The predicted molar refractivity (Wildman–Crippen MR) is 80.4 cm³/mol. The van der Waals surface area contributed by atoms with Crippen molar-refractivity contribution in [2.24, 2.45) is 0 Å². The SMILES string of the molecule is CC(O)(CNS(=O)(=O)Cc1ccccc1Cl)c1ccco1. The maximum Gasteiger partial charge on any atom is 0.215 e. The molecule has 0 bridgehead atoms. The van der Waals surface area contributed by atoms with E-state index in [1.165, 1.54) is 13.2 Å². The molecule has 0 radical (unpaired) electrons. The third-order valence-electron chi connectivity index (χ3n) is 2.99. The Hall–Kier alpha value is -1.34. The van der Waals surface area contributed by atoms with Crippen LogP contribution in [0.1, 0.15) is 18.2 Å². The number of rotatable bonds is 6. The van der Waals surface area contributed by atoms with Gasteiger partial charge in [0.1, 0.15) is 11.4 Å². The molecule has 0 spiro atoms. The molecule has 0 saturated heterocycles. The lowest BCUT2D eigenvalue weighted by Crippen LogP contribution is -2.38. The molecule has 7 heteroatoms. The van der Waals surface area contributed by atoms with Crippen LogP contribution in [-0.4, -0.2) is 20.1 Å². The summed E-state index contributed by atoms with van der Waals surface area (Å²) in [5.41, 5.74) is -0.916. The molecule has 2 aromatic rings. The minimum absolute atomic E-state index is 0.187. The van der Waals surface area contributed by atoms with E-state index in [2.05, 4.69) is 4.72 Å². The zero-order chi connectivity index (χ0) is 15.5. The molecule has 2 N–H and O–H groups in total. The Morgan fingerprint density at radius 3 is 2.62 bits per heavy atom. The van der Waals surface area contributed by atoms with Gasteiger partial charge < -0.3 is 9.52 Å². The summed E-state index contributed by atoms with van der Waals surface area (Å²) in [5, 5.41) is 10.6. The third kappa shape index (κ3) is 4.31. The summed E-state index contributed by atoms with van der Waals surface area (Å²) in [7, 11) is -3.62. The van der Waals surface area contributed by atoms with Crippen molar-refractivity contribution in [3.63, 3.8) is 0 Å². The van der Waals surface area contributed by atoms with Crippen LogP contribution in [0, 0.1) is 0 Å². The summed E-state index contributed by atoms with van der Waals surface area (Å²) in [6.45, 7) is 1.29. The van der Waals surface area contributed by atoms with Gasteiger partial charge in [-0.1, -0.05) is 29.8 Å². The minimum atomic E-state index is -3.62. The molecule has 1 aromatic carbocycles. The molecule has 1 aromatic heterocycles. The van der Waals surface area contributed by atoms with Crippen molar-refractivity contribution in [2.45, 2.75) is 18.3 Å².